The molecule has 0 spiro atoms. The summed E-state index contributed by atoms with van der Waals surface area (Å²) in [4.78, 5) is 14.5. The minimum absolute atomic E-state index is 0.120. The van der Waals surface area contributed by atoms with Gasteiger partial charge in [-0.3, -0.25) is 15.1 Å². The first-order valence-electron chi connectivity index (χ1n) is 7.04. The third-order valence-electron chi connectivity index (χ3n) is 3.54. The van der Waals surface area contributed by atoms with Gasteiger partial charge in [-0.25, -0.2) is 0 Å². The number of pyridine rings is 1. The van der Waals surface area contributed by atoms with Crippen LogP contribution in [-0.4, -0.2) is 16.5 Å². The number of hydrogen-bond acceptors (Lipinski definition) is 4. The molecule has 5 heteroatoms. The molecule has 3 rings (SSSR count). The maximum atomic E-state index is 10.6. The number of nitro benzene ring substituents is 1. The molecule has 0 saturated heterocycles. The zero-order valence-electron chi connectivity index (χ0n) is 11.9. The number of hydrogen-bond donors (Lipinski definition) is 1. The Morgan fingerprint density at radius 3 is 2.59 bits per heavy atom. The van der Waals surface area contributed by atoms with E-state index in [1.807, 2.05) is 30.6 Å². The van der Waals surface area contributed by atoms with E-state index in [2.05, 4.69) is 16.4 Å². The number of nitrogens with one attached hydrogen (secondary N) is 1. The molecular weight excluding hydrogens is 278 g/mol. The summed E-state index contributed by atoms with van der Waals surface area (Å²) in [7, 11) is 0. The molecule has 110 valence electrons. The summed E-state index contributed by atoms with van der Waals surface area (Å²) in [6, 6.07) is 14.7. The molecule has 1 heterocycles. The van der Waals surface area contributed by atoms with Crippen molar-refractivity contribution in [3.05, 3.63) is 76.6 Å². The topological polar surface area (TPSA) is 68.1 Å². The van der Waals surface area contributed by atoms with Gasteiger partial charge in [-0.2, -0.15) is 0 Å². The van der Waals surface area contributed by atoms with Crippen LogP contribution in [0.2, 0.25) is 0 Å². The average Bonchev–Trinajstić information content (AvgIpc) is 2.55. The Bertz CT molecular complexity index is 795. The first-order valence-corrected chi connectivity index (χ1v) is 7.04. The van der Waals surface area contributed by atoms with Crippen molar-refractivity contribution in [3.8, 4) is 0 Å². The first kappa shape index (κ1) is 14.0. The second-order valence-electron chi connectivity index (χ2n) is 5.01. The van der Waals surface area contributed by atoms with Crippen molar-refractivity contribution in [1.82, 2.24) is 4.98 Å². The van der Waals surface area contributed by atoms with Crippen LogP contribution in [0, 0.1) is 10.1 Å². The van der Waals surface area contributed by atoms with Crippen LogP contribution in [0.5, 0.6) is 0 Å². The number of nitrogens with zero attached hydrogens (tertiary/aromatic N) is 2. The summed E-state index contributed by atoms with van der Waals surface area (Å²) in [6.45, 7) is 0.744. The van der Waals surface area contributed by atoms with Crippen LogP contribution in [0.25, 0.3) is 10.8 Å². The fourth-order valence-electron chi connectivity index (χ4n) is 2.38. The Kier molecular flexibility index (Phi) is 3.96. The van der Waals surface area contributed by atoms with Gasteiger partial charge < -0.3 is 5.32 Å². The Balaban J connectivity index is 1.66. The zero-order chi connectivity index (χ0) is 15.4. The van der Waals surface area contributed by atoms with E-state index in [0.717, 1.165) is 35.0 Å². The molecule has 0 radical (unpaired) electrons. The van der Waals surface area contributed by atoms with E-state index in [-0.39, 0.29) is 10.6 Å². The number of nitro groups is 1. The molecule has 1 N–H and O–H groups in total. The molecule has 0 aliphatic heterocycles. The predicted molar refractivity (Wildman–Crippen MR) is 87.0 cm³/mol. The van der Waals surface area contributed by atoms with E-state index < -0.39 is 0 Å². The molecule has 0 fully saturated rings. The Labute approximate surface area is 127 Å². The van der Waals surface area contributed by atoms with Gasteiger partial charge in [-0.15, -0.1) is 0 Å². The molecule has 2 aromatic carbocycles. The summed E-state index contributed by atoms with van der Waals surface area (Å²) in [5.41, 5.74) is 2.18. The van der Waals surface area contributed by atoms with E-state index in [1.165, 1.54) is 12.1 Å². The maximum absolute atomic E-state index is 10.6. The van der Waals surface area contributed by atoms with Crippen LogP contribution in [0.3, 0.4) is 0 Å². The van der Waals surface area contributed by atoms with Crippen LogP contribution in [-0.2, 0) is 6.42 Å². The molecule has 0 bridgehead atoms. The first-order chi connectivity index (χ1) is 10.7. The van der Waals surface area contributed by atoms with Crippen molar-refractivity contribution in [2.75, 3.05) is 11.9 Å². The van der Waals surface area contributed by atoms with Gasteiger partial charge in [0.15, 0.2) is 0 Å². The summed E-state index contributed by atoms with van der Waals surface area (Å²) in [5, 5.41) is 16.2. The van der Waals surface area contributed by atoms with E-state index in [1.54, 1.807) is 12.1 Å². The Hall–Kier alpha value is -2.95. The third-order valence-corrected chi connectivity index (χ3v) is 3.54. The van der Waals surface area contributed by atoms with E-state index >= 15 is 0 Å². The maximum Gasteiger partial charge on any atom is 0.269 e. The highest BCUT2D eigenvalue weighted by Gasteiger charge is 2.04. The molecule has 0 aliphatic rings. The third kappa shape index (κ3) is 3.03. The number of fused-ring (bicyclic) bond motifs is 1. The van der Waals surface area contributed by atoms with Gasteiger partial charge >= 0.3 is 0 Å². The Morgan fingerprint density at radius 1 is 1.05 bits per heavy atom. The number of non-ortho nitro benzene ring substituents is 1. The summed E-state index contributed by atoms with van der Waals surface area (Å²) >= 11 is 0. The minimum Gasteiger partial charge on any atom is -0.383 e. The molecule has 0 unspecified atom stereocenters. The fraction of sp³-hybridized carbons (Fsp3) is 0.118. The van der Waals surface area contributed by atoms with Crippen LogP contribution in [0.15, 0.2) is 60.9 Å². The molecular formula is C17H15N3O2. The summed E-state index contributed by atoms with van der Waals surface area (Å²) < 4.78 is 0. The lowest BCUT2D eigenvalue weighted by molar-refractivity contribution is -0.384. The number of rotatable bonds is 5. The van der Waals surface area contributed by atoms with Gasteiger partial charge in [0.25, 0.3) is 5.69 Å². The van der Waals surface area contributed by atoms with Crippen molar-refractivity contribution in [2.24, 2.45) is 0 Å². The smallest absolute Gasteiger partial charge is 0.269 e. The second kappa shape index (κ2) is 6.22. The monoisotopic (exact) mass is 293 g/mol. The summed E-state index contributed by atoms with van der Waals surface area (Å²) in [6.07, 6.45) is 4.45. The number of aromatic nitrogens is 1. The average molecular weight is 293 g/mol. The molecule has 1 aromatic heterocycles. The molecule has 3 aromatic rings. The van der Waals surface area contributed by atoms with Crippen LogP contribution < -0.4 is 5.32 Å². The lowest BCUT2D eigenvalue weighted by Crippen LogP contribution is -2.05. The lowest BCUT2D eigenvalue weighted by atomic mass is 10.1. The van der Waals surface area contributed by atoms with Crippen molar-refractivity contribution in [3.63, 3.8) is 0 Å². The van der Waals surface area contributed by atoms with Crippen LogP contribution >= 0.6 is 0 Å². The number of benzene rings is 2. The van der Waals surface area contributed by atoms with Gasteiger partial charge in [0.2, 0.25) is 0 Å². The van der Waals surface area contributed by atoms with E-state index in [0.29, 0.717) is 0 Å². The second-order valence-corrected chi connectivity index (χ2v) is 5.01. The summed E-state index contributed by atoms with van der Waals surface area (Å²) in [5.74, 6) is 0. The van der Waals surface area contributed by atoms with Gasteiger partial charge in [0.05, 0.1) is 16.8 Å². The fourth-order valence-corrected chi connectivity index (χ4v) is 2.38. The lowest BCUT2D eigenvalue weighted by Gasteiger charge is -2.09. The minimum atomic E-state index is -0.385. The quantitative estimate of drug-likeness (QED) is 0.574. The standard InChI is InChI=1S/C17H15N3O2/c21-20(22)15-7-5-13(6-8-15)9-10-19-17-12-18-11-14-3-1-2-4-16(14)17/h1-8,11-12,19H,9-10H2. The molecule has 5 nitrogen and oxygen atoms in total. The zero-order valence-corrected chi connectivity index (χ0v) is 11.9. The molecule has 0 aliphatic carbocycles. The van der Waals surface area contributed by atoms with E-state index in [9.17, 15) is 10.1 Å². The van der Waals surface area contributed by atoms with Crippen LogP contribution in [0.1, 0.15) is 5.56 Å². The number of anilines is 1. The molecule has 0 amide bonds. The highest BCUT2D eigenvalue weighted by molar-refractivity contribution is 5.92. The van der Waals surface area contributed by atoms with Gasteiger partial charge in [0.1, 0.15) is 0 Å². The molecule has 0 saturated carbocycles. The Morgan fingerprint density at radius 2 is 1.82 bits per heavy atom. The molecule has 0 atom stereocenters. The highest BCUT2D eigenvalue weighted by Crippen LogP contribution is 2.21. The highest BCUT2D eigenvalue weighted by atomic mass is 16.6. The van der Waals surface area contributed by atoms with Crippen LogP contribution in [0.4, 0.5) is 11.4 Å². The normalized spacial score (nSPS) is 10.5. The molecule has 22 heavy (non-hydrogen) atoms. The van der Waals surface area contributed by atoms with E-state index in [4.69, 9.17) is 0 Å². The largest absolute Gasteiger partial charge is 0.383 e. The van der Waals surface area contributed by atoms with Gasteiger partial charge in [-0.05, 0) is 12.0 Å². The SMILES string of the molecule is O=[N+]([O-])c1ccc(CCNc2cncc3ccccc23)cc1. The van der Waals surface area contributed by atoms with Crippen molar-refractivity contribution < 1.29 is 4.92 Å². The van der Waals surface area contributed by atoms with Gasteiger partial charge in [-0.1, -0.05) is 36.4 Å². The van der Waals surface area contributed by atoms with Crippen molar-refractivity contribution in [2.45, 2.75) is 6.42 Å². The van der Waals surface area contributed by atoms with Crippen molar-refractivity contribution in [1.29, 1.82) is 0 Å². The van der Waals surface area contributed by atoms with Crippen molar-refractivity contribution >= 4 is 22.1 Å². The van der Waals surface area contributed by atoms with Gasteiger partial charge in [0, 0.05) is 35.6 Å². The predicted octanol–water partition coefficient (Wildman–Crippen LogP) is 3.80.